The molecule has 0 radical (unpaired) electrons. The molecule has 54 heavy (non-hydrogen) atoms. The van der Waals surface area contributed by atoms with Crippen LogP contribution in [0.4, 0.5) is 28.0 Å². The fourth-order valence-corrected chi connectivity index (χ4v) is 8.52. The SMILES string of the molecule is CCOc1ncccc1C1(OC(=O)ON2CCN(C3CCN(C)CC3)CC2)C(=O)N(S(=O)(=O)c2ccc(OC)cc2OC(F)(F)F)c2cc(Cl)c(F)cc21. The zero-order valence-electron chi connectivity index (χ0n) is 29.3. The van der Waals surface area contributed by atoms with Crippen molar-refractivity contribution in [1.29, 1.82) is 0 Å². The maximum Gasteiger partial charge on any atom is 0.573 e. The number of rotatable bonds is 10. The molecule has 0 N–H and O–H groups in total. The number of halogens is 5. The minimum atomic E-state index is -5.44. The standard InChI is InChI=1S/C34H36ClF4N5O9S/c1-4-50-30-23(6-5-11-40-30)33(52-32(46)53-43-16-14-42(15-17-43)21-9-12-41(2)13-10-21)24-19-26(36)25(35)20-27(24)44(31(33)45)54(47,48)29-8-7-22(49-3)18-28(29)51-34(37,38)39/h5-8,11,18-21H,4,9-10,12-17H2,1-3H3. The summed E-state index contributed by atoms with van der Waals surface area (Å²) in [5, 5.41) is 0.657. The van der Waals surface area contributed by atoms with Crippen LogP contribution in [0.2, 0.25) is 5.02 Å². The molecule has 1 aromatic heterocycles. The molecule has 292 valence electrons. The lowest BCUT2D eigenvalue weighted by atomic mass is 9.87. The van der Waals surface area contributed by atoms with Crippen LogP contribution in [0, 0.1) is 5.82 Å². The van der Waals surface area contributed by atoms with Gasteiger partial charge in [0.15, 0.2) is 5.75 Å². The Morgan fingerprint density at radius 2 is 1.74 bits per heavy atom. The van der Waals surface area contributed by atoms with E-state index in [1.165, 1.54) is 23.4 Å². The maximum absolute atomic E-state index is 15.4. The summed E-state index contributed by atoms with van der Waals surface area (Å²) in [4.78, 5) is 41.8. The normalized spacial score (nSPS) is 20.4. The van der Waals surface area contributed by atoms with Crippen molar-refractivity contribution in [2.75, 3.05) is 64.3 Å². The van der Waals surface area contributed by atoms with Gasteiger partial charge in [0.25, 0.3) is 21.5 Å². The van der Waals surface area contributed by atoms with E-state index in [0.717, 1.165) is 51.2 Å². The predicted molar refractivity (Wildman–Crippen MR) is 183 cm³/mol. The van der Waals surface area contributed by atoms with E-state index in [0.29, 0.717) is 31.3 Å². The van der Waals surface area contributed by atoms with Crippen LogP contribution < -0.4 is 18.5 Å². The van der Waals surface area contributed by atoms with Crippen molar-refractivity contribution in [1.82, 2.24) is 19.8 Å². The molecule has 14 nitrogen and oxygen atoms in total. The summed E-state index contributed by atoms with van der Waals surface area (Å²) < 4.78 is 106. The number of methoxy groups -OCH3 is 1. The summed E-state index contributed by atoms with van der Waals surface area (Å²) in [7, 11) is -2.25. The van der Waals surface area contributed by atoms with Crippen molar-refractivity contribution in [3.63, 3.8) is 0 Å². The van der Waals surface area contributed by atoms with Crippen LogP contribution in [0.3, 0.4) is 0 Å². The van der Waals surface area contributed by atoms with Crippen molar-refractivity contribution in [3.05, 3.63) is 70.6 Å². The fraction of sp³-hybridized carbons (Fsp3) is 0.441. The van der Waals surface area contributed by atoms with Gasteiger partial charge in [-0.1, -0.05) is 11.6 Å². The number of amides is 1. The minimum Gasteiger partial charge on any atom is -0.497 e. The van der Waals surface area contributed by atoms with Gasteiger partial charge < -0.3 is 28.7 Å². The molecule has 1 atom stereocenters. The average molecular weight is 802 g/mol. The highest BCUT2D eigenvalue weighted by atomic mass is 35.5. The molecule has 0 saturated carbocycles. The Morgan fingerprint density at radius 3 is 2.39 bits per heavy atom. The summed E-state index contributed by atoms with van der Waals surface area (Å²) in [5.41, 5.74) is -4.45. The third-order valence-electron chi connectivity index (χ3n) is 9.37. The second kappa shape index (κ2) is 15.4. The molecule has 0 spiro atoms. The largest absolute Gasteiger partial charge is 0.573 e. The molecular formula is C34H36ClF4N5O9S. The molecule has 2 aromatic carbocycles. The number of nitrogens with zero attached hydrogens (tertiary/aromatic N) is 5. The van der Waals surface area contributed by atoms with Gasteiger partial charge in [-0.3, -0.25) is 9.69 Å². The topological polar surface area (TPSA) is 140 Å². The number of aromatic nitrogens is 1. The highest BCUT2D eigenvalue weighted by Gasteiger charge is 2.62. The molecule has 6 rings (SSSR count). The highest BCUT2D eigenvalue weighted by Crippen LogP contribution is 2.53. The third-order valence-corrected chi connectivity index (χ3v) is 11.4. The third kappa shape index (κ3) is 7.59. The summed E-state index contributed by atoms with van der Waals surface area (Å²) in [5.74, 6) is -4.50. The van der Waals surface area contributed by atoms with E-state index in [1.54, 1.807) is 6.92 Å². The lowest BCUT2D eigenvalue weighted by Crippen LogP contribution is -2.53. The summed E-state index contributed by atoms with van der Waals surface area (Å²) in [6.45, 7) is 5.08. The lowest BCUT2D eigenvalue weighted by Gasteiger charge is -2.41. The van der Waals surface area contributed by atoms with Crippen LogP contribution in [0.15, 0.2) is 53.6 Å². The number of hydrogen-bond donors (Lipinski definition) is 0. The number of fused-ring (bicyclic) bond motifs is 1. The number of anilines is 1. The number of piperidine rings is 1. The lowest BCUT2D eigenvalue weighted by molar-refractivity contribution is -0.275. The molecule has 2 fully saturated rings. The van der Waals surface area contributed by atoms with Crippen LogP contribution in [0.5, 0.6) is 17.4 Å². The Kier molecular flexibility index (Phi) is 11.2. The first-order valence-electron chi connectivity index (χ1n) is 16.8. The van der Waals surface area contributed by atoms with Crippen molar-refractivity contribution in [3.8, 4) is 17.4 Å². The zero-order chi connectivity index (χ0) is 39.0. The van der Waals surface area contributed by atoms with Crippen molar-refractivity contribution in [2.24, 2.45) is 0 Å². The first-order chi connectivity index (χ1) is 25.6. The predicted octanol–water partition coefficient (Wildman–Crippen LogP) is 4.94. The van der Waals surface area contributed by atoms with Crippen LogP contribution in [0.1, 0.15) is 30.9 Å². The quantitative estimate of drug-likeness (QED) is 0.202. The number of ether oxygens (including phenoxy) is 4. The number of hydroxylamine groups is 2. The fourth-order valence-electron chi connectivity index (χ4n) is 6.82. The van der Waals surface area contributed by atoms with Crippen molar-refractivity contribution < 1.29 is 59.4 Å². The number of pyridine rings is 1. The molecule has 3 aliphatic rings. The second-order valence-corrected chi connectivity index (χ2v) is 14.8. The Morgan fingerprint density at radius 1 is 1.04 bits per heavy atom. The molecule has 4 heterocycles. The Balaban J connectivity index is 1.42. The molecular weight excluding hydrogens is 766 g/mol. The first kappa shape index (κ1) is 39.3. The van der Waals surface area contributed by atoms with E-state index in [2.05, 4.69) is 26.6 Å². The number of hydrogen-bond acceptors (Lipinski definition) is 13. The van der Waals surface area contributed by atoms with Gasteiger partial charge in [-0.15, -0.1) is 18.2 Å². The number of piperazine rings is 1. The van der Waals surface area contributed by atoms with Crippen LogP contribution in [-0.2, 0) is 30.0 Å². The number of sulfonamides is 1. The van der Waals surface area contributed by atoms with Gasteiger partial charge in [-0.2, -0.15) is 4.31 Å². The Bertz CT molecular complexity index is 2010. The van der Waals surface area contributed by atoms with E-state index in [9.17, 15) is 31.2 Å². The average Bonchev–Trinajstić information content (AvgIpc) is 3.35. The molecule has 3 aliphatic heterocycles. The van der Waals surface area contributed by atoms with Gasteiger partial charge in [0.05, 0.1) is 30.0 Å². The number of carbonyl (C=O) groups excluding carboxylic acids is 2. The summed E-state index contributed by atoms with van der Waals surface area (Å²) in [6.07, 6.45) is -3.62. The number of alkyl halides is 3. The number of carbonyl (C=O) groups is 2. The van der Waals surface area contributed by atoms with Gasteiger partial charge in [0.1, 0.15) is 16.5 Å². The van der Waals surface area contributed by atoms with Crippen LogP contribution >= 0.6 is 11.6 Å². The number of benzene rings is 2. The van der Waals surface area contributed by atoms with Gasteiger partial charge in [-0.25, -0.2) is 22.6 Å². The van der Waals surface area contributed by atoms with Crippen molar-refractivity contribution >= 4 is 39.4 Å². The molecule has 2 saturated heterocycles. The maximum atomic E-state index is 15.4. The van der Waals surface area contributed by atoms with Crippen LogP contribution in [0.25, 0.3) is 0 Å². The summed E-state index contributed by atoms with van der Waals surface area (Å²) >= 11 is 6.11. The molecule has 1 unspecified atom stereocenters. The van der Waals surface area contributed by atoms with Crippen molar-refractivity contribution in [2.45, 2.75) is 42.7 Å². The van der Waals surface area contributed by atoms with Gasteiger partial charge in [0.2, 0.25) is 5.88 Å². The molecule has 0 bridgehead atoms. The zero-order valence-corrected chi connectivity index (χ0v) is 30.8. The number of likely N-dealkylation sites (tertiary alicyclic amines) is 1. The summed E-state index contributed by atoms with van der Waals surface area (Å²) in [6, 6.07) is 6.78. The van der Waals surface area contributed by atoms with Gasteiger partial charge >= 0.3 is 12.5 Å². The molecule has 1 amide bonds. The van der Waals surface area contributed by atoms with E-state index in [4.69, 9.17) is 30.6 Å². The van der Waals surface area contributed by atoms with Crippen LogP contribution in [-0.4, -0.2) is 113 Å². The Labute approximate surface area is 313 Å². The van der Waals surface area contributed by atoms with E-state index < -0.39 is 66.8 Å². The smallest absolute Gasteiger partial charge is 0.497 e. The van der Waals surface area contributed by atoms with E-state index in [1.807, 2.05) is 0 Å². The molecule has 0 aliphatic carbocycles. The highest BCUT2D eigenvalue weighted by molar-refractivity contribution is 7.93. The molecule has 20 heteroatoms. The van der Waals surface area contributed by atoms with Gasteiger partial charge in [0, 0.05) is 50.0 Å². The Hall–Kier alpha value is -4.43. The second-order valence-electron chi connectivity index (χ2n) is 12.6. The van der Waals surface area contributed by atoms with Gasteiger partial charge in [-0.05, 0) is 76.3 Å². The van der Waals surface area contributed by atoms with E-state index in [-0.39, 0.29) is 41.2 Å². The van der Waals surface area contributed by atoms with E-state index >= 15 is 4.39 Å². The minimum absolute atomic E-state index is 0.0336. The first-order valence-corrected chi connectivity index (χ1v) is 18.6. The molecule has 3 aromatic rings. The monoisotopic (exact) mass is 801 g/mol.